The van der Waals surface area contributed by atoms with Gasteiger partial charge in [0.05, 0.1) is 24.8 Å². The van der Waals surface area contributed by atoms with Gasteiger partial charge in [0, 0.05) is 18.2 Å². The highest BCUT2D eigenvalue weighted by atomic mass is 19.4. The lowest BCUT2D eigenvalue weighted by molar-refractivity contribution is -0.137. The van der Waals surface area contributed by atoms with Gasteiger partial charge in [-0.15, -0.1) is 0 Å². The maximum Gasteiger partial charge on any atom is 0.416 e. The molecular formula is C25H23F3N2O4. The summed E-state index contributed by atoms with van der Waals surface area (Å²) in [4.78, 5) is 18.0. The van der Waals surface area contributed by atoms with Gasteiger partial charge in [-0.05, 0) is 35.7 Å². The van der Waals surface area contributed by atoms with Crippen LogP contribution in [0, 0.1) is 0 Å². The van der Waals surface area contributed by atoms with Crippen molar-refractivity contribution < 1.29 is 32.5 Å². The molecule has 0 aliphatic carbocycles. The lowest BCUT2D eigenvalue weighted by Gasteiger charge is -2.31. The molecule has 2 aromatic carbocycles. The molecule has 1 atom stereocenters. The third kappa shape index (κ3) is 5.55. The van der Waals surface area contributed by atoms with Gasteiger partial charge in [-0.1, -0.05) is 48.5 Å². The average Bonchev–Trinajstić information content (AvgIpc) is 3.33. The highest BCUT2D eigenvalue weighted by Gasteiger charge is 2.33. The van der Waals surface area contributed by atoms with Gasteiger partial charge in [0.2, 0.25) is 0 Å². The summed E-state index contributed by atoms with van der Waals surface area (Å²) in [7, 11) is 0. The van der Waals surface area contributed by atoms with Crippen LogP contribution in [0.1, 0.15) is 28.3 Å². The summed E-state index contributed by atoms with van der Waals surface area (Å²) in [6, 6.07) is 16.4. The van der Waals surface area contributed by atoms with E-state index in [1.54, 1.807) is 12.1 Å². The molecule has 3 aromatic rings. The van der Waals surface area contributed by atoms with Gasteiger partial charge < -0.3 is 14.6 Å². The van der Waals surface area contributed by atoms with Crippen LogP contribution in [0.2, 0.25) is 0 Å². The molecule has 1 aliphatic rings. The van der Waals surface area contributed by atoms with E-state index >= 15 is 0 Å². The molecule has 0 radical (unpaired) electrons. The number of benzene rings is 2. The Morgan fingerprint density at radius 2 is 1.71 bits per heavy atom. The van der Waals surface area contributed by atoms with Crippen molar-refractivity contribution in [2.75, 3.05) is 18.1 Å². The van der Waals surface area contributed by atoms with Crippen LogP contribution in [0.25, 0.3) is 0 Å². The first kappa shape index (κ1) is 23.7. The Balaban J connectivity index is 1.76. The smallest absolute Gasteiger partial charge is 0.416 e. The number of halogens is 3. The normalized spacial score (nSPS) is 15.3. The van der Waals surface area contributed by atoms with Crippen molar-refractivity contribution in [1.29, 1.82) is 0 Å². The van der Waals surface area contributed by atoms with Gasteiger partial charge in [-0.3, -0.25) is 4.90 Å². The second-order valence-electron chi connectivity index (χ2n) is 7.84. The summed E-state index contributed by atoms with van der Waals surface area (Å²) in [5.41, 5.74) is 1.05. The minimum Gasteiger partial charge on any atom is -0.465 e. The topological polar surface area (TPSA) is 71.9 Å². The van der Waals surface area contributed by atoms with E-state index in [0.29, 0.717) is 24.3 Å². The van der Waals surface area contributed by atoms with Crippen LogP contribution in [-0.2, 0) is 28.5 Å². The summed E-state index contributed by atoms with van der Waals surface area (Å²) < 4.78 is 50.4. The van der Waals surface area contributed by atoms with Gasteiger partial charge in [0.15, 0.2) is 6.29 Å². The molecule has 178 valence electrons. The number of pyridine rings is 1. The molecule has 6 nitrogen and oxygen atoms in total. The van der Waals surface area contributed by atoms with Crippen LogP contribution in [0.15, 0.2) is 72.9 Å². The fraction of sp³-hybridized carbons (Fsp3) is 0.280. The Morgan fingerprint density at radius 1 is 1.03 bits per heavy atom. The van der Waals surface area contributed by atoms with Crippen LogP contribution in [0.4, 0.5) is 23.8 Å². The first-order valence-electron chi connectivity index (χ1n) is 10.7. The van der Waals surface area contributed by atoms with Gasteiger partial charge in [-0.25, -0.2) is 9.78 Å². The molecule has 2 heterocycles. The van der Waals surface area contributed by atoms with Crippen LogP contribution < -0.4 is 4.90 Å². The van der Waals surface area contributed by atoms with E-state index in [2.05, 4.69) is 4.98 Å². The molecule has 9 heteroatoms. The average molecular weight is 472 g/mol. The predicted octanol–water partition coefficient (Wildman–Crippen LogP) is 5.48. The number of rotatable bonds is 7. The third-order valence-corrected chi connectivity index (χ3v) is 5.59. The van der Waals surface area contributed by atoms with Crippen LogP contribution in [0.3, 0.4) is 0 Å². The number of aromatic nitrogens is 1. The molecule has 0 bridgehead atoms. The number of carbonyl (C=O) groups is 1. The van der Waals surface area contributed by atoms with Gasteiger partial charge >= 0.3 is 12.3 Å². The molecule has 0 unspecified atom stereocenters. The highest BCUT2D eigenvalue weighted by molar-refractivity contribution is 5.86. The SMILES string of the molecule is O=C(O)N(c1ncccc1CC1OCCO1)[C@@H](Cc1ccccc1)c1ccc(C(F)(F)F)cc1. The number of amides is 1. The Labute approximate surface area is 194 Å². The van der Waals surface area contributed by atoms with E-state index in [1.165, 1.54) is 18.3 Å². The van der Waals surface area contributed by atoms with Crippen molar-refractivity contribution >= 4 is 11.9 Å². The van der Waals surface area contributed by atoms with Crippen molar-refractivity contribution in [2.45, 2.75) is 31.3 Å². The molecule has 34 heavy (non-hydrogen) atoms. The van der Waals surface area contributed by atoms with Crippen molar-refractivity contribution in [3.8, 4) is 0 Å². The number of hydrogen-bond donors (Lipinski definition) is 1. The molecule has 0 saturated carbocycles. The zero-order valence-corrected chi connectivity index (χ0v) is 18.1. The Kier molecular flexibility index (Phi) is 7.14. The molecule has 1 amide bonds. The van der Waals surface area contributed by atoms with E-state index in [4.69, 9.17) is 9.47 Å². The van der Waals surface area contributed by atoms with E-state index in [0.717, 1.165) is 22.6 Å². The fourth-order valence-corrected chi connectivity index (χ4v) is 3.97. The first-order valence-corrected chi connectivity index (χ1v) is 10.7. The van der Waals surface area contributed by atoms with E-state index in [9.17, 15) is 23.1 Å². The number of alkyl halides is 3. The third-order valence-electron chi connectivity index (χ3n) is 5.59. The predicted molar refractivity (Wildman–Crippen MR) is 118 cm³/mol. The molecule has 1 saturated heterocycles. The lowest BCUT2D eigenvalue weighted by atomic mass is 9.96. The Morgan fingerprint density at radius 3 is 2.32 bits per heavy atom. The number of carboxylic acid groups (broad SMARTS) is 1. The Bertz CT molecular complexity index is 1100. The minimum atomic E-state index is -4.49. The summed E-state index contributed by atoms with van der Waals surface area (Å²) in [5, 5.41) is 10.2. The minimum absolute atomic E-state index is 0.190. The largest absolute Gasteiger partial charge is 0.465 e. The van der Waals surface area contributed by atoms with Gasteiger partial charge in [0.25, 0.3) is 0 Å². The van der Waals surface area contributed by atoms with E-state index in [1.807, 2.05) is 30.3 Å². The van der Waals surface area contributed by atoms with Crippen molar-refractivity contribution in [3.05, 3.63) is 95.2 Å². The summed E-state index contributed by atoms with van der Waals surface area (Å²) in [6.07, 6.45) is -4.26. The maximum absolute atomic E-state index is 13.1. The molecule has 1 fully saturated rings. The van der Waals surface area contributed by atoms with Crippen molar-refractivity contribution in [2.24, 2.45) is 0 Å². The number of nitrogens with zero attached hydrogens (tertiary/aromatic N) is 2. The second kappa shape index (κ2) is 10.2. The van der Waals surface area contributed by atoms with E-state index < -0.39 is 30.2 Å². The highest BCUT2D eigenvalue weighted by Crippen LogP contribution is 2.35. The number of hydrogen-bond acceptors (Lipinski definition) is 4. The molecule has 1 aliphatic heterocycles. The molecular weight excluding hydrogens is 449 g/mol. The number of ether oxygens (including phenoxy) is 2. The van der Waals surface area contributed by atoms with Crippen LogP contribution in [0.5, 0.6) is 0 Å². The molecule has 4 rings (SSSR count). The van der Waals surface area contributed by atoms with Crippen molar-refractivity contribution in [3.63, 3.8) is 0 Å². The summed E-state index contributed by atoms with van der Waals surface area (Å²) in [5.74, 6) is 0.190. The molecule has 0 spiro atoms. The van der Waals surface area contributed by atoms with Crippen LogP contribution in [-0.4, -0.2) is 35.7 Å². The maximum atomic E-state index is 13.1. The number of anilines is 1. The fourth-order valence-electron chi connectivity index (χ4n) is 3.97. The van der Waals surface area contributed by atoms with Gasteiger partial charge in [-0.2, -0.15) is 13.2 Å². The van der Waals surface area contributed by atoms with Gasteiger partial charge in [0.1, 0.15) is 5.82 Å². The van der Waals surface area contributed by atoms with Crippen molar-refractivity contribution in [1.82, 2.24) is 4.98 Å². The molecule has 1 aromatic heterocycles. The quantitative estimate of drug-likeness (QED) is 0.493. The first-order chi connectivity index (χ1) is 16.3. The standard InChI is InChI=1S/C25H23F3N2O4/c26-25(27,28)20-10-8-18(9-11-20)21(15-17-5-2-1-3-6-17)30(24(31)32)23-19(7-4-12-29-23)16-22-33-13-14-34-22/h1-12,21-22H,13-16H2,(H,31,32)/t21-/m0/s1. The lowest BCUT2D eigenvalue weighted by Crippen LogP contribution is -2.36. The molecule has 1 N–H and O–H groups in total. The van der Waals surface area contributed by atoms with E-state index in [-0.39, 0.29) is 18.7 Å². The Hall–Kier alpha value is -3.43. The van der Waals surface area contributed by atoms with Crippen LogP contribution >= 0.6 is 0 Å². The summed E-state index contributed by atoms with van der Waals surface area (Å²) >= 11 is 0. The second-order valence-corrected chi connectivity index (χ2v) is 7.84. The summed E-state index contributed by atoms with van der Waals surface area (Å²) in [6.45, 7) is 0.899. The zero-order chi connectivity index (χ0) is 24.1. The zero-order valence-electron chi connectivity index (χ0n) is 18.1. The monoisotopic (exact) mass is 472 g/mol.